The molecular formula is C30H33F3. The van der Waals surface area contributed by atoms with Crippen LogP contribution in [0.3, 0.4) is 0 Å². The number of fused-ring (bicyclic) bond motifs is 1. The number of hydrogen-bond donors (Lipinski definition) is 0. The molecule has 4 rings (SSSR count). The van der Waals surface area contributed by atoms with Crippen LogP contribution >= 0.6 is 0 Å². The van der Waals surface area contributed by atoms with E-state index in [2.05, 4.69) is 6.92 Å². The molecule has 0 heterocycles. The van der Waals surface area contributed by atoms with Crippen molar-refractivity contribution >= 4 is 16.8 Å². The van der Waals surface area contributed by atoms with Gasteiger partial charge in [-0.1, -0.05) is 94.0 Å². The van der Waals surface area contributed by atoms with Gasteiger partial charge in [0.2, 0.25) is 0 Å². The molecule has 0 nitrogen and oxygen atoms in total. The predicted molar refractivity (Wildman–Crippen MR) is 133 cm³/mol. The Labute approximate surface area is 195 Å². The summed E-state index contributed by atoms with van der Waals surface area (Å²) in [6.07, 6.45) is 13.5. The molecule has 0 aliphatic heterocycles. The van der Waals surface area contributed by atoms with E-state index in [0.717, 1.165) is 18.3 Å². The zero-order chi connectivity index (χ0) is 23.4. The van der Waals surface area contributed by atoms with Crippen molar-refractivity contribution in [1.82, 2.24) is 0 Å². The van der Waals surface area contributed by atoms with Crippen LogP contribution in [-0.4, -0.2) is 0 Å². The summed E-state index contributed by atoms with van der Waals surface area (Å²) < 4.78 is 44.5. The van der Waals surface area contributed by atoms with Crippen molar-refractivity contribution in [2.75, 3.05) is 0 Å². The summed E-state index contributed by atoms with van der Waals surface area (Å²) in [6.45, 7) is 4.03. The third-order valence-corrected chi connectivity index (χ3v) is 7.27. The molecule has 0 radical (unpaired) electrons. The molecule has 3 aromatic carbocycles. The Bertz CT molecular complexity index is 1120. The van der Waals surface area contributed by atoms with Crippen LogP contribution in [0.25, 0.3) is 28.0 Å². The molecule has 0 spiro atoms. The standard InChI is InChI=1S/C30H33F3/c1-3-5-20-7-9-21(10-8-20)11-12-22-13-15-23(16-14-22)26-19-25-18-17-24(6-4-2)28(31)27(25)30(33)29(26)32/h4,6,13-21H,3,5,7-12H2,1-2H3/b6-4+. The fourth-order valence-corrected chi connectivity index (χ4v) is 5.35. The molecule has 1 fully saturated rings. The van der Waals surface area contributed by atoms with Gasteiger partial charge in [0.05, 0.1) is 5.39 Å². The van der Waals surface area contributed by atoms with Crippen LogP contribution in [0.5, 0.6) is 0 Å². The summed E-state index contributed by atoms with van der Waals surface area (Å²) in [5, 5.41) is 0.0644. The van der Waals surface area contributed by atoms with Gasteiger partial charge in [-0.25, -0.2) is 13.2 Å². The van der Waals surface area contributed by atoms with Gasteiger partial charge in [0.1, 0.15) is 5.82 Å². The smallest absolute Gasteiger partial charge is 0.170 e. The highest BCUT2D eigenvalue weighted by atomic mass is 19.2. The van der Waals surface area contributed by atoms with Gasteiger partial charge in [-0.05, 0) is 54.2 Å². The number of allylic oxidation sites excluding steroid dienone is 1. The quantitative estimate of drug-likeness (QED) is 0.336. The van der Waals surface area contributed by atoms with Crippen molar-refractivity contribution in [3.05, 3.63) is 77.1 Å². The number of aryl methyl sites for hydroxylation is 1. The topological polar surface area (TPSA) is 0 Å². The zero-order valence-electron chi connectivity index (χ0n) is 19.6. The number of halogens is 3. The van der Waals surface area contributed by atoms with Gasteiger partial charge in [-0.15, -0.1) is 0 Å². The van der Waals surface area contributed by atoms with E-state index in [-0.39, 0.29) is 16.5 Å². The Morgan fingerprint density at radius 2 is 1.48 bits per heavy atom. The molecule has 33 heavy (non-hydrogen) atoms. The van der Waals surface area contributed by atoms with Gasteiger partial charge in [0.15, 0.2) is 11.6 Å². The third-order valence-electron chi connectivity index (χ3n) is 7.27. The van der Waals surface area contributed by atoms with Crippen molar-refractivity contribution in [1.29, 1.82) is 0 Å². The van der Waals surface area contributed by atoms with E-state index >= 15 is 0 Å². The van der Waals surface area contributed by atoms with E-state index in [9.17, 15) is 13.2 Å². The van der Waals surface area contributed by atoms with Crippen molar-refractivity contribution in [2.45, 2.75) is 65.2 Å². The van der Waals surface area contributed by atoms with E-state index in [1.54, 1.807) is 37.3 Å². The summed E-state index contributed by atoms with van der Waals surface area (Å²) in [4.78, 5) is 0. The Kier molecular flexibility index (Phi) is 7.57. The third kappa shape index (κ3) is 5.18. The number of hydrogen-bond acceptors (Lipinski definition) is 0. The van der Waals surface area contributed by atoms with Gasteiger partial charge in [-0.2, -0.15) is 0 Å². The van der Waals surface area contributed by atoms with Gasteiger partial charge in [0, 0.05) is 11.1 Å². The summed E-state index contributed by atoms with van der Waals surface area (Å²) in [5.74, 6) is -1.14. The molecule has 0 atom stereocenters. The van der Waals surface area contributed by atoms with Crippen molar-refractivity contribution < 1.29 is 13.2 Å². The molecule has 0 unspecified atom stereocenters. The first-order valence-corrected chi connectivity index (χ1v) is 12.3. The Morgan fingerprint density at radius 3 is 2.12 bits per heavy atom. The summed E-state index contributed by atoms with van der Waals surface area (Å²) in [7, 11) is 0. The first-order chi connectivity index (χ1) is 16.0. The number of benzene rings is 3. The van der Waals surface area contributed by atoms with E-state index in [0.29, 0.717) is 10.9 Å². The lowest BCUT2D eigenvalue weighted by Crippen LogP contribution is -2.15. The molecule has 174 valence electrons. The maximum absolute atomic E-state index is 14.9. The van der Waals surface area contributed by atoms with Crippen LogP contribution in [0.15, 0.2) is 48.5 Å². The maximum atomic E-state index is 14.9. The molecule has 0 amide bonds. The summed E-state index contributed by atoms with van der Waals surface area (Å²) >= 11 is 0. The molecule has 0 saturated heterocycles. The minimum atomic E-state index is -1.13. The van der Waals surface area contributed by atoms with Crippen molar-refractivity contribution in [3.8, 4) is 11.1 Å². The van der Waals surface area contributed by atoms with Crippen molar-refractivity contribution in [2.24, 2.45) is 11.8 Å². The Hall–Kier alpha value is -2.55. The van der Waals surface area contributed by atoms with Gasteiger partial charge in [-0.3, -0.25) is 0 Å². The minimum absolute atomic E-state index is 0.166. The van der Waals surface area contributed by atoms with Crippen LogP contribution in [0.1, 0.15) is 69.9 Å². The second kappa shape index (κ2) is 10.6. The SMILES string of the molecule is C/C=C/c1ccc2cc(-c3ccc(CCC4CCC(CCC)CC4)cc3)c(F)c(F)c2c1F. The molecule has 0 N–H and O–H groups in total. The average molecular weight is 451 g/mol. The second-order valence-corrected chi connectivity index (χ2v) is 9.53. The molecule has 3 aromatic rings. The van der Waals surface area contributed by atoms with Crippen LogP contribution in [-0.2, 0) is 6.42 Å². The highest BCUT2D eigenvalue weighted by molar-refractivity contribution is 5.90. The van der Waals surface area contributed by atoms with Crippen LogP contribution < -0.4 is 0 Å². The van der Waals surface area contributed by atoms with E-state index in [1.165, 1.54) is 50.5 Å². The van der Waals surface area contributed by atoms with Gasteiger partial charge < -0.3 is 0 Å². The monoisotopic (exact) mass is 450 g/mol. The first-order valence-electron chi connectivity index (χ1n) is 12.3. The lowest BCUT2D eigenvalue weighted by Gasteiger charge is -2.28. The van der Waals surface area contributed by atoms with Gasteiger partial charge in [0.25, 0.3) is 0 Å². The summed E-state index contributed by atoms with van der Waals surface area (Å²) in [6, 6.07) is 12.5. The predicted octanol–water partition coefficient (Wildman–Crippen LogP) is 9.50. The lowest BCUT2D eigenvalue weighted by molar-refractivity contribution is 0.252. The highest BCUT2D eigenvalue weighted by Gasteiger charge is 2.21. The second-order valence-electron chi connectivity index (χ2n) is 9.53. The molecule has 0 bridgehead atoms. The Balaban J connectivity index is 1.49. The largest absolute Gasteiger partial charge is 0.206 e. The number of rotatable bonds is 7. The fourth-order valence-electron chi connectivity index (χ4n) is 5.35. The molecule has 0 aromatic heterocycles. The molecule has 1 aliphatic carbocycles. The first kappa shape index (κ1) is 23.6. The molecule has 1 saturated carbocycles. The normalized spacial score (nSPS) is 18.9. The Morgan fingerprint density at radius 1 is 0.818 bits per heavy atom. The van der Waals surface area contributed by atoms with Crippen LogP contribution in [0.2, 0.25) is 0 Å². The average Bonchev–Trinajstić information content (AvgIpc) is 2.83. The van der Waals surface area contributed by atoms with E-state index in [1.807, 2.05) is 24.3 Å². The zero-order valence-corrected chi connectivity index (χ0v) is 19.6. The lowest BCUT2D eigenvalue weighted by atomic mass is 9.78. The van der Waals surface area contributed by atoms with E-state index in [4.69, 9.17) is 0 Å². The molecule has 1 aliphatic rings. The van der Waals surface area contributed by atoms with Crippen LogP contribution in [0.4, 0.5) is 13.2 Å². The molecular weight excluding hydrogens is 417 g/mol. The van der Waals surface area contributed by atoms with Crippen molar-refractivity contribution in [3.63, 3.8) is 0 Å². The highest BCUT2D eigenvalue weighted by Crippen LogP contribution is 2.35. The van der Waals surface area contributed by atoms with E-state index < -0.39 is 17.5 Å². The van der Waals surface area contributed by atoms with Gasteiger partial charge >= 0.3 is 0 Å². The summed E-state index contributed by atoms with van der Waals surface area (Å²) in [5.41, 5.74) is 2.24. The maximum Gasteiger partial charge on any atom is 0.170 e. The van der Waals surface area contributed by atoms with Crippen LogP contribution in [0, 0.1) is 29.3 Å². The molecule has 3 heteroatoms. The minimum Gasteiger partial charge on any atom is -0.206 e. The fraction of sp³-hybridized carbons (Fsp3) is 0.400.